The highest BCUT2D eigenvalue weighted by molar-refractivity contribution is 7.80. The number of hydrogen-bond donors (Lipinski definition) is 2. The topological polar surface area (TPSA) is 76.0 Å². The van der Waals surface area contributed by atoms with E-state index >= 15 is 0 Å². The van der Waals surface area contributed by atoms with Crippen molar-refractivity contribution in [3.63, 3.8) is 0 Å². The van der Waals surface area contributed by atoms with Crippen molar-refractivity contribution < 1.29 is 4.79 Å². The molecule has 0 unspecified atom stereocenters. The number of hydrogen-bond acceptors (Lipinski definition) is 4. The minimum Gasteiger partial charge on any atom is -0.332 e. The lowest BCUT2D eigenvalue weighted by Gasteiger charge is -2.14. The summed E-state index contributed by atoms with van der Waals surface area (Å²) in [5.74, 6) is -0.317. The van der Waals surface area contributed by atoms with Gasteiger partial charge in [0.2, 0.25) is 5.91 Å². The molecular weight excluding hydrogens is 384 g/mol. The Hall–Kier alpha value is -3.06. The molecule has 0 aliphatic rings. The molecule has 0 radical (unpaired) electrons. The average Bonchev–Trinajstić information content (AvgIpc) is 2.66. The van der Waals surface area contributed by atoms with E-state index in [1.165, 1.54) is 0 Å². The zero-order valence-corrected chi connectivity index (χ0v) is 18.0. The van der Waals surface area contributed by atoms with Gasteiger partial charge in [-0.05, 0) is 61.5 Å². The van der Waals surface area contributed by atoms with Crippen LogP contribution in [-0.2, 0) is 11.8 Å². The molecular formula is C22H24N4O2S. The summed E-state index contributed by atoms with van der Waals surface area (Å²) in [7, 11) is 1.77. The zero-order valence-electron chi connectivity index (χ0n) is 17.2. The number of benzene rings is 1. The molecule has 0 atom stereocenters. The second-order valence-corrected chi connectivity index (χ2v) is 7.84. The smallest absolute Gasteiger partial charge is 0.258 e. The van der Waals surface area contributed by atoms with Crippen LogP contribution in [0.25, 0.3) is 22.0 Å². The first-order valence-electron chi connectivity index (χ1n) is 9.36. The fourth-order valence-corrected chi connectivity index (χ4v) is 3.28. The van der Waals surface area contributed by atoms with E-state index in [4.69, 9.17) is 12.2 Å². The number of carbonyl (C=O) groups excluding carboxylic acids is 1. The monoisotopic (exact) mass is 408 g/mol. The van der Waals surface area contributed by atoms with Crippen LogP contribution in [0.2, 0.25) is 0 Å². The van der Waals surface area contributed by atoms with Gasteiger partial charge >= 0.3 is 0 Å². The molecule has 0 fully saturated rings. The lowest BCUT2D eigenvalue weighted by Crippen LogP contribution is -2.36. The first kappa shape index (κ1) is 20.7. The van der Waals surface area contributed by atoms with Crippen molar-refractivity contribution in [1.29, 1.82) is 0 Å². The van der Waals surface area contributed by atoms with E-state index < -0.39 is 0 Å². The predicted octanol–water partition coefficient (Wildman–Crippen LogP) is 3.69. The summed E-state index contributed by atoms with van der Waals surface area (Å²) >= 11 is 5.23. The maximum absolute atomic E-state index is 13.0. The molecule has 0 aliphatic heterocycles. The third kappa shape index (κ3) is 4.35. The molecule has 3 aromatic rings. The highest BCUT2D eigenvalue weighted by Gasteiger charge is 2.14. The Morgan fingerprint density at radius 1 is 1.14 bits per heavy atom. The van der Waals surface area contributed by atoms with E-state index in [-0.39, 0.29) is 22.5 Å². The molecule has 6 nitrogen and oxygen atoms in total. The van der Waals surface area contributed by atoms with E-state index in [0.29, 0.717) is 11.3 Å². The molecule has 7 heteroatoms. The molecule has 2 heterocycles. The predicted molar refractivity (Wildman–Crippen MR) is 121 cm³/mol. The summed E-state index contributed by atoms with van der Waals surface area (Å²) in [6.07, 6.45) is 1.78. The molecule has 1 aromatic carbocycles. The maximum Gasteiger partial charge on any atom is 0.258 e. The van der Waals surface area contributed by atoms with Crippen LogP contribution in [0.5, 0.6) is 0 Å². The average molecular weight is 409 g/mol. The summed E-state index contributed by atoms with van der Waals surface area (Å²) in [6, 6.07) is 9.42. The second-order valence-electron chi connectivity index (χ2n) is 7.43. The highest BCUT2D eigenvalue weighted by atomic mass is 32.1. The number of aromatic nitrogens is 2. The van der Waals surface area contributed by atoms with Gasteiger partial charge in [-0.1, -0.05) is 19.9 Å². The number of nitrogens with one attached hydrogen (secondary N) is 2. The Morgan fingerprint density at radius 2 is 1.86 bits per heavy atom. The van der Waals surface area contributed by atoms with Crippen LogP contribution in [0.3, 0.4) is 0 Å². The van der Waals surface area contributed by atoms with Gasteiger partial charge in [0.1, 0.15) is 0 Å². The third-order valence-electron chi connectivity index (χ3n) is 4.79. The van der Waals surface area contributed by atoms with Crippen molar-refractivity contribution in [2.75, 3.05) is 5.32 Å². The summed E-state index contributed by atoms with van der Waals surface area (Å²) in [5, 5.41) is 6.80. The lowest BCUT2D eigenvalue weighted by atomic mass is 9.99. The molecule has 3 rings (SSSR count). The third-order valence-corrected chi connectivity index (χ3v) is 5.00. The van der Waals surface area contributed by atoms with Crippen LogP contribution in [-0.4, -0.2) is 20.6 Å². The number of amides is 1. The standard InChI is InChI=1S/C22H24N4O2S/c1-12(2)20(27)25-22(29)24-16-7-6-13(3)17(10-16)18-9-15-11-23-14(4)8-19(15)26(5)21(18)28/h6-12H,1-5H3,(H2,24,25,27,29). The Balaban J connectivity index is 2.02. The first-order valence-corrected chi connectivity index (χ1v) is 9.77. The van der Waals surface area contributed by atoms with E-state index in [2.05, 4.69) is 15.6 Å². The van der Waals surface area contributed by atoms with Crippen molar-refractivity contribution >= 4 is 39.8 Å². The minimum absolute atomic E-state index is 0.0842. The van der Waals surface area contributed by atoms with Gasteiger partial charge in [-0.2, -0.15) is 0 Å². The highest BCUT2D eigenvalue weighted by Crippen LogP contribution is 2.26. The van der Waals surface area contributed by atoms with Gasteiger partial charge in [-0.3, -0.25) is 14.6 Å². The maximum atomic E-state index is 13.0. The van der Waals surface area contributed by atoms with E-state index in [1.807, 2.05) is 44.2 Å². The van der Waals surface area contributed by atoms with Crippen LogP contribution >= 0.6 is 12.2 Å². The SMILES string of the molecule is Cc1cc2c(cn1)cc(-c1cc(NC(=S)NC(=O)C(C)C)ccc1C)c(=O)n2C. The summed E-state index contributed by atoms with van der Waals surface area (Å²) in [6.45, 7) is 7.45. The van der Waals surface area contributed by atoms with Crippen molar-refractivity contribution in [3.05, 3.63) is 58.1 Å². The lowest BCUT2D eigenvalue weighted by molar-refractivity contribution is -0.122. The van der Waals surface area contributed by atoms with Gasteiger partial charge in [-0.25, -0.2) is 0 Å². The van der Waals surface area contributed by atoms with Gasteiger partial charge < -0.3 is 15.2 Å². The van der Waals surface area contributed by atoms with Gasteiger partial charge in [0.15, 0.2) is 5.11 Å². The molecule has 0 spiro atoms. The molecule has 29 heavy (non-hydrogen) atoms. The molecule has 150 valence electrons. The summed E-state index contributed by atoms with van der Waals surface area (Å²) < 4.78 is 1.65. The summed E-state index contributed by atoms with van der Waals surface area (Å²) in [5.41, 5.74) is 4.67. The molecule has 0 saturated carbocycles. The van der Waals surface area contributed by atoms with Gasteiger partial charge in [-0.15, -0.1) is 0 Å². The number of anilines is 1. The number of rotatable bonds is 3. The number of carbonyl (C=O) groups is 1. The first-order chi connectivity index (χ1) is 13.7. The van der Waals surface area contributed by atoms with E-state index in [9.17, 15) is 9.59 Å². The molecule has 0 aliphatic carbocycles. The van der Waals surface area contributed by atoms with Crippen molar-refractivity contribution in [2.24, 2.45) is 13.0 Å². The normalized spacial score (nSPS) is 11.0. The number of aryl methyl sites for hydroxylation is 3. The number of fused-ring (bicyclic) bond motifs is 1. The van der Waals surface area contributed by atoms with Crippen molar-refractivity contribution in [2.45, 2.75) is 27.7 Å². The van der Waals surface area contributed by atoms with E-state index in [1.54, 1.807) is 31.7 Å². The second kappa shape index (κ2) is 8.13. The fourth-order valence-electron chi connectivity index (χ4n) is 3.07. The van der Waals surface area contributed by atoms with Crippen LogP contribution in [0, 0.1) is 19.8 Å². The fraction of sp³-hybridized carbons (Fsp3) is 0.273. The molecule has 0 bridgehead atoms. The van der Waals surface area contributed by atoms with Crippen LogP contribution in [0.4, 0.5) is 5.69 Å². The van der Waals surface area contributed by atoms with Crippen LogP contribution < -0.4 is 16.2 Å². The van der Waals surface area contributed by atoms with Gasteiger partial charge in [0, 0.05) is 41.5 Å². The summed E-state index contributed by atoms with van der Waals surface area (Å²) in [4.78, 5) is 29.2. The molecule has 1 amide bonds. The van der Waals surface area contributed by atoms with Gasteiger partial charge in [0.25, 0.3) is 5.56 Å². The van der Waals surface area contributed by atoms with Crippen LogP contribution in [0.1, 0.15) is 25.1 Å². The number of thiocarbonyl (C=S) groups is 1. The Bertz CT molecular complexity index is 1180. The van der Waals surface area contributed by atoms with Crippen molar-refractivity contribution in [3.8, 4) is 11.1 Å². The zero-order chi connectivity index (χ0) is 21.3. The molecule has 0 saturated heterocycles. The Morgan fingerprint density at radius 3 is 2.55 bits per heavy atom. The largest absolute Gasteiger partial charge is 0.332 e. The number of nitrogens with zero attached hydrogens (tertiary/aromatic N) is 2. The van der Waals surface area contributed by atoms with Crippen molar-refractivity contribution in [1.82, 2.24) is 14.9 Å². The number of pyridine rings is 2. The Labute approximate surface area is 175 Å². The van der Waals surface area contributed by atoms with Crippen LogP contribution in [0.15, 0.2) is 41.3 Å². The Kier molecular flexibility index (Phi) is 5.79. The molecule has 2 aromatic heterocycles. The molecule has 2 N–H and O–H groups in total. The van der Waals surface area contributed by atoms with E-state index in [0.717, 1.165) is 27.7 Å². The minimum atomic E-state index is -0.166. The van der Waals surface area contributed by atoms with Gasteiger partial charge in [0.05, 0.1) is 5.52 Å². The quantitative estimate of drug-likeness (QED) is 0.647.